The number of carbonyl (C=O) groups is 2. The number of aryl methyl sites for hydroxylation is 1. The van der Waals surface area contributed by atoms with Crippen LogP contribution in [0, 0.1) is 0 Å². The summed E-state index contributed by atoms with van der Waals surface area (Å²) in [6.45, 7) is 3.62. The molecular formula is C25H30ClN3O5. The number of benzene rings is 2. The number of fused-ring (bicyclic) bond motifs is 1. The lowest BCUT2D eigenvalue weighted by atomic mass is 10.1. The normalized spacial score (nSPS) is 15.1. The minimum Gasteiger partial charge on any atom is -0.497 e. The molecule has 0 aromatic heterocycles. The van der Waals surface area contributed by atoms with Crippen molar-refractivity contribution in [1.82, 2.24) is 15.1 Å². The molecule has 2 aliphatic heterocycles. The Hall–Kier alpha value is -3.13. The molecular weight excluding hydrogens is 458 g/mol. The van der Waals surface area contributed by atoms with Crippen LogP contribution in [0.2, 0.25) is 5.02 Å². The van der Waals surface area contributed by atoms with Gasteiger partial charge < -0.3 is 29.3 Å². The van der Waals surface area contributed by atoms with Crippen LogP contribution in [0.25, 0.3) is 0 Å². The number of piperazine rings is 1. The highest BCUT2D eigenvalue weighted by molar-refractivity contribution is 6.32. The lowest BCUT2D eigenvalue weighted by Gasteiger charge is -2.34. The molecule has 0 bridgehead atoms. The van der Waals surface area contributed by atoms with Crippen molar-refractivity contribution in [3.8, 4) is 17.2 Å². The fraction of sp³-hybridized carbons (Fsp3) is 0.440. The topological polar surface area (TPSA) is 80.3 Å². The lowest BCUT2D eigenvalue weighted by molar-refractivity contribution is -0.132. The number of nitrogens with zero attached hydrogens (tertiary/aromatic N) is 2. The Labute approximate surface area is 204 Å². The second-order valence-corrected chi connectivity index (χ2v) is 8.71. The smallest absolute Gasteiger partial charge is 0.317 e. The van der Waals surface area contributed by atoms with E-state index in [0.717, 1.165) is 16.9 Å². The molecule has 1 saturated heterocycles. The SMILES string of the molecule is COc1ccc(CCC(=O)N2CCN(C(=O)NCCc3cc(Cl)c4c(c3)OCCO4)CC2)cc1. The maximum absolute atomic E-state index is 12.6. The molecule has 2 aliphatic rings. The van der Waals surface area contributed by atoms with E-state index in [-0.39, 0.29) is 11.9 Å². The number of hydrogen-bond acceptors (Lipinski definition) is 5. The van der Waals surface area contributed by atoms with Gasteiger partial charge >= 0.3 is 6.03 Å². The summed E-state index contributed by atoms with van der Waals surface area (Å²) in [5.41, 5.74) is 2.08. The first-order valence-electron chi connectivity index (χ1n) is 11.5. The van der Waals surface area contributed by atoms with Crippen molar-refractivity contribution in [3.05, 3.63) is 52.5 Å². The second-order valence-electron chi connectivity index (χ2n) is 8.30. The van der Waals surface area contributed by atoms with Gasteiger partial charge in [0.25, 0.3) is 0 Å². The fourth-order valence-corrected chi connectivity index (χ4v) is 4.38. The maximum atomic E-state index is 12.6. The van der Waals surface area contributed by atoms with Crippen molar-refractivity contribution >= 4 is 23.5 Å². The zero-order valence-corrected chi connectivity index (χ0v) is 20.1. The molecule has 0 radical (unpaired) electrons. The van der Waals surface area contributed by atoms with Crippen molar-refractivity contribution < 1.29 is 23.8 Å². The summed E-state index contributed by atoms with van der Waals surface area (Å²) >= 11 is 6.28. The van der Waals surface area contributed by atoms with Gasteiger partial charge in [-0.15, -0.1) is 0 Å². The predicted molar refractivity (Wildman–Crippen MR) is 129 cm³/mol. The van der Waals surface area contributed by atoms with E-state index in [0.29, 0.717) is 81.7 Å². The van der Waals surface area contributed by atoms with E-state index in [1.807, 2.05) is 41.3 Å². The minimum absolute atomic E-state index is 0.117. The third-order valence-corrected chi connectivity index (χ3v) is 6.33. The van der Waals surface area contributed by atoms with E-state index in [4.69, 9.17) is 25.8 Å². The van der Waals surface area contributed by atoms with Crippen LogP contribution in [0.4, 0.5) is 4.79 Å². The number of nitrogens with one attached hydrogen (secondary N) is 1. The van der Waals surface area contributed by atoms with E-state index < -0.39 is 0 Å². The van der Waals surface area contributed by atoms with Crippen molar-refractivity contribution in [3.63, 3.8) is 0 Å². The van der Waals surface area contributed by atoms with Crippen molar-refractivity contribution in [2.24, 2.45) is 0 Å². The standard InChI is InChI=1S/C25H30ClN3O5/c1-32-20-5-2-18(3-6-20)4-7-23(30)28-10-12-29(13-11-28)25(31)27-9-8-19-16-21(26)24-22(17-19)33-14-15-34-24/h2-3,5-6,16-17H,4,7-15H2,1H3,(H,27,31). The van der Waals surface area contributed by atoms with Crippen LogP contribution in [0.5, 0.6) is 17.2 Å². The van der Waals surface area contributed by atoms with Gasteiger partial charge in [-0.1, -0.05) is 23.7 Å². The third-order valence-electron chi connectivity index (χ3n) is 6.05. The van der Waals surface area contributed by atoms with Crippen LogP contribution in [-0.4, -0.2) is 74.8 Å². The van der Waals surface area contributed by atoms with Gasteiger partial charge in [0.2, 0.25) is 5.91 Å². The van der Waals surface area contributed by atoms with Gasteiger partial charge in [0.05, 0.1) is 12.1 Å². The van der Waals surface area contributed by atoms with Crippen LogP contribution >= 0.6 is 11.6 Å². The Balaban J connectivity index is 1.17. The van der Waals surface area contributed by atoms with Crippen LogP contribution in [-0.2, 0) is 17.6 Å². The fourth-order valence-electron chi connectivity index (χ4n) is 4.09. The molecule has 0 spiro atoms. The molecule has 4 rings (SSSR count). The summed E-state index contributed by atoms with van der Waals surface area (Å²) in [5, 5.41) is 3.48. The molecule has 1 N–H and O–H groups in total. The van der Waals surface area contributed by atoms with Gasteiger partial charge in [-0.2, -0.15) is 0 Å². The van der Waals surface area contributed by atoms with E-state index in [2.05, 4.69) is 5.32 Å². The number of amides is 3. The van der Waals surface area contributed by atoms with Gasteiger partial charge in [0.1, 0.15) is 19.0 Å². The minimum atomic E-state index is -0.117. The van der Waals surface area contributed by atoms with Gasteiger partial charge in [-0.05, 0) is 48.2 Å². The highest BCUT2D eigenvalue weighted by Crippen LogP contribution is 2.38. The average molecular weight is 488 g/mol. The summed E-state index contributed by atoms with van der Waals surface area (Å²) in [4.78, 5) is 28.7. The second kappa shape index (κ2) is 11.3. The molecule has 2 heterocycles. The number of urea groups is 1. The number of methoxy groups -OCH3 is 1. The molecule has 0 unspecified atom stereocenters. The molecule has 3 amide bonds. The molecule has 0 atom stereocenters. The first-order chi connectivity index (χ1) is 16.5. The van der Waals surface area contributed by atoms with Crippen LogP contribution in [0.3, 0.4) is 0 Å². The zero-order valence-electron chi connectivity index (χ0n) is 19.3. The molecule has 8 nitrogen and oxygen atoms in total. The predicted octanol–water partition coefficient (Wildman–Crippen LogP) is 3.15. The maximum Gasteiger partial charge on any atom is 0.317 e. The Kier molecular flexibility index (Phi) is 8.00. The Morgan fingerprint density at radius 3 is 2.41 bits per heavy atom. The molecule has 34 heavy (non-hydrogen) atoms. The summed E-state index contributed by atoms with van der Waals surface area (Å²) in [6.07, 6.45) is 1.77. The molecule has 182 valence electrons. The summed E-state index contributed by atoms with van der Waals surface area (Å²) in [6, 6.07) is 11.4. The number of hydrogen-bond donors (Lipinski definition) is 1. The molecule has 0 aliphatic carbocycles. The van der Waals surface area contributed by atoms with Gasteiger partial charge in [0, 0.05) is 39.1 Å². The van der Waals surface area contributed by atoms with Gasteiger partial charge in [0.15, 0.2) is 11.5 Å². The Bertz CT molecular complexity index is 1010. The van der Waals surface area contributed by atoms with E-state index >= 15 is 0 Å². The van der Waals surface area contributed by atoms with E-state index in [1.165, 1.54) is 0 Å². The largest absolute Gasteiger partial charge is 0.497 e. The van der Waals surface area contributed by atoms with Crippen LogP contribution < -0.4 is 19.5 Å². The lowest BCUT2D eigenvalue weighted by Crippen LogP contribution is -2.53. The number of ether oxygens (including phenoxy) is 3. The highest BCUT2D eigenvalue weighted by Gasteiger charge is 2.24. The molecule has 0 saturated carbocycles. The number of rotatable bonds is 7. The van der Waals surface area contributed by atoms with Crippen molar-refractivity contribution in [2.75, 3.05) is 53.0 Å². The Morgan fingerprint density at radius 1 is 0.971 bits per heavy atom. The van der Waals surface area contributed by atoms with Crippen molar-refractivity contribution in [2.45, 2.75) is 19.3 Å². The molecule has 9 heteroatoms. The monoisotopic (exact) mass is 487 g/mol. The number of halogens is 1. The molecule has 2 aromatic carbocycles. The van der Waals surface area contributed by atoms with Gasteiger partial charge in [-0.25, -0.2) is 4.79 Å². The van der Waals surface area contributed by atoms with Gasteiger partial charge in [-0.3, -0.25) is 4.79 Å². The summed E-state index contributed by atoms with van der Waals surface area (Å²) in [7, 11) is 1.63. The molecule has 2 aromatic rings. The van der Waals surface area contributed by atoms with E-state index in [9.17, 15) is 9.59 Å². The average Bonchev–Trinajstić information content (AvgIpc) is 2.87. The zero-order chi connectivity index (χ0) is 23.9. The first-order valence-corrected chi connectivity index (χ1v) is 11.9. The summed E-state index contributed by atoms with van der Waals surface area (Å²) < 4.78 is 16.3. The number of carbonyl (C=O) groups excluding carboxylic acids is 2. The first kappa shape index (κ1) is 24.0. The highest BCUT2D eigenvalue weighted by atomic mass is 35.5. The van der Waals surface area contributed by atoms with Crippen LogP contribution in [0.1, 0.15) is 17.5 Å². The van der Waals surface area contributed by atoms with Crippen molar-refractivity contribution in [1.29, 1.82) is 0 Å². The van der Waals surface area contributed by atoms with E-state index in [1.54, 1.807) is 12.0 Å². The summed E-state index contributed by atoms with van der Waals surface area (Å²) in [5.74, 6) is 2.15. The third kappa shape index (κ3) is 6.05. The van der Waals surface area contributed by atoms with Crippen LogP contribution in [0.15, 0.2) is 36.4 Å². The quantitative estimate of drug-likeness (QED) is 0.649. The Morgan fingerprint density at radius 2 is 1.68 bits per heavy atom. The molecule has 1 fully saturated rings.